The summed E-state index contributed by atoms with van der Waals surface area (Å²) in [6, 6.07) is 10.0. The quantitative estimate of drug-likeness (QED) is 0.344. The van der Waals surface area contributed by atoms with Crippen LogP contribution in [0, 0.1) is 0 Å². The molecule has 0 aliphatic heterocycles. The second kappa shape index (κ2) is 9.66. The molecule has 0 aliphatic carbocycles. The van der Waals surface area contributed by atoms with Gasteiger partial charge in [-0.15, -0.1) is 28.1 Å². The maximum Gasteiger partial charge on any atom is 2.00 e. The summed E-state index contributed by atoms with van der Waals surface area (Å²) in [6.07, 6.45) is 3.85. The van der Waals surface area contributed by atoms with Gasteiger partial charge in [-0.2, -0.15) is 41.6 Å². The molecule has 0 fully saturated rings. The molecule has 0 N–H and O–H groups in total. The summed E-state index contributed by atoms with van der Waals surface area (Å²) < 4.78 is 0. The summed E-state index contributed by atoms with van der Waals surface area (Å²) in [7, 11) is 0. The molecule has 2 aromatic carbocycles. The molecule has 18 heavy (non-hydrogen) atoms. The molecule has 0 amide bonds. The summed E-state index contributed by atoms with van der Waals surface area (Å²) in [6.45, 7) is 0. The Morgan fingerprint density at radius 3 is 1.83 bits per heavy atom. The van der Waals surface area contributed by atoms with Crippen LogP contribution in [-0.4, -0.2) is 12.5 Å². The van der Waals surface area contributed by atoms with E-state index in [1.54, 1.807) is 0 Å². The number of hydrogen-bond acceptors (Lipinski definition) is 2. The zero-order chi connectivity index (χ0) is 12.8. The van der Waals surface area contributed by atoms with Gasteiger partial charge in [0.2, 0.25) is 0 Å². The molecule has 0 aliphatic rings. The van der Waals surface area contributed by atoms with Crippen molar-refractivity contribution in [3.05, 3.63) is 45.4 Å². The van der Waals surface area contributed by atoms with E-state index in [-0.39, 0.29) is 17.1 Å². The molecular weight excluding hydrogens is 370 g/mol. The second-order valence-electron chi connectivity index (χ2n) is 2.97. The first-order valence-corrected chi connectivity index (χ1v) is 8.29. The van der Waals surface area contributed by atoms with Crippen molar-refractivity contribution in [2.75, 3.05) is 12.5 Å². The second-order valence-corrected chi connectivity index (χ2v) is 5.74. The van der Waals surface area contributed by atoms with Crippen molar-refractivity contribution in [3.63, 3.8) is 0 Å². The van der Waals surface area contributed by atoms with Gasteiger partial charge >= 0.3 is 17.1 Å². The van der Waals surface area contributed by atoms with Gasteiger partial charge in [-0.05, 0) is 22.6 Å². The number of halogens is 3. The average Bonchev–Trinajstić information content (AvgIpc) is 2.93. The van der Waals surface area contributed by atoms with Crippen LogP contribution in [0.4, 0.5) is 0 Å². The van der Waals surface area contributed by atoms with Crippen molar-refractivity contribution in [2.24, 2.45) is 0 Å². The molecule has 0 bridgehead atoms. The molecule has 0 spiro atoms. The summed E-state index contributed by atoms with van der Waals surface area (Å²) >= 11 is 20.9. The van der Waals surface area contributed by atoms with Crippen LogP contribution in [0.5, 0.6) is 0 Å². The standard InChI is InChI=1S/C7H6Cl3S2.C5H5.Fe/c1-11-6-3(8)4(9)7(12-2)5(6)10;1-2-4-5-3-1;/h1-2H3;1-5H;/q2*-1;+2. The van der Waals surface area contributed by atoms with Gasteiger partial charge in [0.15, 0.2) is 0 Å². The number of hydrogen-bond donors (Lipinski definition) is 0. The molecule has 100 valence electrons. The Labute approximate surface area is 142 Å². The minimum atomic E-state index is 0. The molecular formula is C12H11Cl3FeS2. The molecule has 2 rings (SSSR count). The fourth-order valence-electron chi connectivity index (χ4n) is 1.17. The third-order valence-corrected chi connectivity index (χ3v) is 5.27. The van der Waals surface area contributed by atoms with Crippen molar-refractivity contribution >= 4 is 58.3 Å². The van der Waals surface area contributed by atoms with E-state index in [2.05, 4.69) is 0 Å². The normalized spacial score (nSPS) is 9.39. The molecule has 0 unspecified atom stereocenters. The van der Waals surface area contributed by atoms with Crippen LogP contribution in [-0.2, 0) is 17.1 Å². The first-order chi connectivity index (χ1) is 8.13. The summed E-state index contributed by atoms with van der Waals surface area (Å²) in [5, 5.41) is 1.81. The molecule has 0 saturated carbocycles. The van der Waals surface area contributed by atoms with Crippen LogP contribution in [0.2, 0.25) is 15.1 Å². The van der Waals surface area contributed by atoms with Gasteiger partial charge in [0, 0.05) is 0 Å². The van der Waals surface area contributed by atoms with E-state index < -0.39 is 0 Å². The number of thioether (sulfide) groups is 2. The van der Waals surface area contributed by atoms with E-state index in [0.29, 0.717) is 15.1 Å². The fraction of sp³-hybridized carbons (Fsp3) is 0.167. The van der Waals surface area contributed by atoms with Crippen LogP contribution in [0.3, 0.4) is 0 Å². The van der Waals surface area contributed by atoms with E-state index in [0.717, 1.165) is 9.79 Å². The zero-order valence-corrected chi connectivity index (χ0v) is 14.7. The van der Waals surface area contributed by atoms with Gasteiger partial charge in [-0.3, -0.25) is 0 Å². The first-order valence-electron chi connectivity index (χ1n) is 4.71. The maximum atomic E-state index is 6.02. The Bertz CT molecular complexity index is 408. The minimum Gasteiger partial charge on any atom is -0.214 e. The largest absolute Gasteiger partial charge is 2.00 e. The molecule has 0 radical (unpaired) electrons. The van der Waals surface area contributed by atoms with Gasteiger partial charge in [-0.1, -0.05) is 9.92 Å². The Kier molecular flexibility index (Phi) is 10.1. The van der Waals surface area contributed by atoms with Gasteiger partial charge in [-0.25, -0.2) is 23.9 Å². The molecule has 0 atom stereocenters. The van der Waals surface area contributed by atoms with Gasteiger partial charge in [0.25, 0.3) is 0 Å². The Morgan fingerprint density at radius 1 is 1.06 bits per heavy atom. The molecule has 0 aromatic heterocycles. The minimum absolute atomic E-state index is 0. The number of rotatable bonds is 2. The van der Waals surface area contributed by atoms with E-state index in [4.69, 9.17) is 34.8 Å². The predicted molar refractivity (Wildman–Crippen MR) is 82.7 cm³/mol. The van der Waals surface area contributed by atoms with Crippen molar-refractivity contribution in [2.45, 2.75) is 9.79 Å². The monoisotopic (exact) mass is 380 g/mol. The van der Waals surface area contributed by atoms with Crippen molar-refractivity contribution in [1.82, 2.24) is 0 Å². The van der Waals surface area contributed by atoms with E-state index in [1.165, 1.54) is 23.5 Å². The summed E-state index contributed by atoms with van der Waals surface area (Å²) in [5.41, 5.74) is 0. The first kappa shape index (κ1) is 18.8. The molecule has 0 heterocycles. The predicted octanol–water partition coefficient (Wildman–Crippen LogP) is 6.21. The van der Waals surface area contributed by atoms with Gasteiger partial charge < -0.3 is 0 Å². The Hall–Kier alpha value is 0.789. The van der Waals surface area contributed by atoms with Crippen molar-refractivity contribution < 1.29 is 17.1 Å². The SMILES string of the molecule is CSc1c(Cl)c(Cl)[c-](SC)c1Cl.[Fe+2].c1cc[cH-]c1. The topological polar surface area (TPSA) is 0 Å². The molecule has 6 heteroatoms. The van der Waals surface area contributed by atoms with E-state index in [9.17, 15) is 0 Å². The smallest absolute Gasteiger partial charge is 0.214 e. The molecule has 2 aromatic rings. The Balaban J connectivity index is 0.000000405. The van der Waals surface area contributed by atoms with Crippen LogP contribution >= 0.6 is 58.3 Å². The van der Waals surface area contributed by atoms with Crippen LogP contribution in [0.1, 0.15) is 0 Å². The van der Waals surface area contributed by atoms with Crippen LogP contribution in [0.25, 0.3) is 0 Å². The third kappa shape index (κ3) is 4.72. The van der Waals surface area contributed by atoms with Crippen molar-refractivity contribution in [3.8, 4) is 0 Å². The van der Waals surface area contributed by atoms with Crippen LogP contribution < -0.4 is 0 Å². The average molecular weight is 382 g/mol. The molecule has 0 nitrogen and oxygen atoms in total. The fourth-order valence-corrected chi connectivity index (χ4v) is 4.07. The van der Waals surface area contributed by atoms with E-state index >= 15 is 0 Å². The Morgan fingerprint density at radius 2 is 1.61 bits per heavy atom. The zero-order valence-electron chi connectivity index (χ0n) is 9.69. The maximum absolute atomic E-state index is 6.02. The summed E-state index contributed by atoms with van der Waals surface area (Å²) in [4.78, 5) is 1.74. The van der Waals surface area contributed by atoms with Gasteiger partial charge in [0.05, 0.1) is 0 Å². The van der Waals surface area contributed by atoms with Crippen molar-refractivity contribution in [1.29, 1.82) is 0 Å². The van der Waals surface area contributed by atoms with Crippen LogP contribution in [0.15, 0.2) is 40.1 Å². The molecule has 0 saturated heterocycles. The third-order valence-electron chi connectivity index (χ3n) is 1.95. The van der Waals surface area contributed by atoms with Gasteiger partial charge in [0.1, 0.15) is 0 Å². The van der Waals surface area contributed by atoms with E-state index in [1.807, 2.05) is 42.8 Å². The summed E-state index contributed by atoms with van der Waals surface area (Å²) in [5.74, 6) is 0.